The van der Waals surface area contributed by atoms with E-state index in [4.69, 9.17) is 21.1 Å². The van der Waals surface area contributed by atoms with Crippen LogP contribution in [0.15, 0.2) is 41.3 Å². The smallest absolute Gasteiger partial charge is 0.254 e. The number of halogens is 1. The van der Waals surface area contributed by atoms with Gasteiger partial charge in [-0.3, -0.25) is 4.79 Å². The third-order valence-electron chi connectivity index (χ3n) is 6.17. The fourth-order valence-corrected chi connectivity index (χ4v) is 6.40. The van der Waals surface area contributed by atoms with Gasteiger partial charge in [0.25, 0.3) is 5.91 Å². The molecule has 0 bridgehead atoms. The van der Waals surface area contributed by atoms with Crippen LogP contribution in [0.1, 0.15) is 55.1 Å². The van der Waals surface area contributed by atoms with Crippen molar-refractivity contribution in [2.45, 2.75) is 44.0 Å². The molecule has 0 unspecified atom stereocenters. The molecule has 0 aliphatic carbocycles. The maximum Gasteiger partial charge on any atom is 0.254 e. The van der Waals surface area contributed by atoms with E-state index in [1.165, 1.54) is 16.4 Å². The summed E-state index contributed by atoms with van der Waals surface area (Å²) < 4.78 is 39.0. The van der Waals surface area contributed by atoms with E-state index in [-0.39, 0.29) is 21.9 Å². The lowest BCUT2D eigenvalue weighted by Crippen LogP contribution is -2.32. The van der Waals surface area contributed by atoms with Gasteiger partial charge in [0.1, 0.15) is 4.90 Å². The lowest BCUT2D eigenvalue weighted by atomic mass is 10.0. The molecule has 33 heavy (non-hydrogen) atoms. The van der Waals surface area contributed by atoms with Gasteiger partial charge in [0.05, 0.1) is 24.3 Å². The summed E-state index contributed by atoms with van der Waals surface area (Å²) in [5.41, 5.74) is 1.29. The topological polar surface area (TPSA) is 76.2 Å². The molecule has 2 aromatic rings. The average Bonchev–Trinajstić information content (AvgIpc) is 3.18. The second-order valence-electron chi connectivity index (χ2n) is 8.15. The molecular formula is C24H29ClN2O5S. The van der Waals surface area contributed by atoms with E-state index in [0.29, 0.717) is 44.2 Å². The molecule has 4 rings (SSSR count). The first-order chi connectivity index (χ1) is 15.9. The second-order valence-corrected chi connectivity index (χ2v) is 10.5. The Kier molecular flexibility index (Phi) is 7.16. The number of carbonyl (C=O) groups is 1. The monoisotopic (exact) mass is 492 g/mol. The van der Waals surface area contributed by atoms with Crippen molar-refractivity contribution in [3.63, 3.8) is 0 Å². The van der Waals surface area contributed by atoms with Crippen LogP contribution in [-0.2, 0) is 10.0 Å². The minimum atomic E-state index is -3.79. The van der Waals surface area contributed by atoms with Gasteiger partial charge in [-0.1, -0.05) is 31.5 Å². The molecule has 2 aliphatic rings. The third-order valence-corrected chi connectivity index (χ3v) is 8.70. The number of benzene rings is 2. The third kappa shape index (κ3) is 4.69. The van der Waals surface area contributed by atoms with Gasteiger partial charge in [0, 0.05) is 31.6 Å². The predicted molar refractivity (Wildman–Crippen MR) is 127 cm³/mol. The Labute approximate surface area is 200 Å². The first kappa shape index (κ1) is 23.9. The average molecular weight is 493 g/mol. The molecule has 0 aromatic heterocycles. The maximum atomic E-state index is 13.5. The zero-order chi connectivity index (χ0) is 23.6. The molecule has 0 radical (unpaired) electrons. The summed E-state index contributed by atoms with van der Waals surface area (Å²) in [4.78, 5) is 15.3. The number of fused-ring (bicyclic) bond motifs is 1. The number of carbonyl (C=O) groups excluding carboxylic acids is 1. The van der Waals surface area contributed by atoms with Gasteiger partial charge in [-0.2, -0.15) is 4.31 Å². The first-order valence-electron chi connectivity index (χ1n) is 11.4. The van der Waals surface area contributed by atoms with Crippen molar-refractivity contribution in [1.82, 2.24) is 9.21 Å². The van der Waals surface area contributed by atoms with Crippen molar-refractivity contribution in [1.29, 1.82) is 0 Å². The van der Waals surface area contributed by atoms with Crippen LogP contribution >= 0.6 is 11.6 Å². The van der Waals surface area contributed by atoms with Crippen LogP contribution in [0, 0.1) is 0 Å². The van der Waals surface area contributed by atoms with Crippen LogP contribution in [0.2, 0.25) is 5.02 Å². The molecule has 1 atom stereocenters. The van der Waals surface area contributed by atoms with Gasteiger partial charge in [-0.05, 0) is 48.7 Å². The van der Waals surface area contributed by atoms with Crippen molar-refractivity contribution in [2.24, 2.45) is 0 Å². The largest absolute Gasteiger partial charge is 0.490 e. The highest BCUT2D eigenvalue weighted by molar-refractivity contribution is 7.89. The number of hydrogen-bond acceptors (Lipinski definition) is 5. The number of rotatable bonds is 6. The zero-order valence-corrected chi connectivity index (χ0v) is 20.5. The Morgan fingerprint density at radius 3 is 2.52 bits per heavy atom. The highest BCUT2D eigenvalue weighted by Gasteiger charge is 2.33. The Morgan fingerprint density at radius 1 is 1.06 bits per heavy atom. The number of likely N-dealkylation sites (tertiary alicyclic amines) is 1. The Balaban J connectivity index is 1.64. The van der Waals surface area contributed by atoms with Gasteiger partial charge in [0.15, 0.2) is 11.5 Å². The highest BCUT2D eigenvalue weighted by Crippen LogP contribution is 2.39. The fraction of sp³-hybridized carbons (Fsp3) is 0.458. The molecule has 0 N–H and O–H groups in total. The van der Waals surface area contributed by atoms with E-state index >= 15 is 0 Å². The normalized spacial score (nSPS) is 18.4. The van der Waals surface area contributed by atoms with Crippen LogP contribution < -0.4 is 9.47 Å². The molecule has 178 valence electrons. The summed E-state index contributed by atoms with van der Waals surface area (Å²) in [6, 6.07) is 10.2. The van der Waals surface area contributed by atoms with Gasteiger partial charge in [-0.15, -0.1) is 0 Å². The molecular weight excluding hydrogens is 464 g/mol. The zero-order valence-electron chi connectivity index (χ0n) is 18.9. The molecule has 7 nitrogen and oxygen atoms in total. The van der Waals surface area contributed by atoms with Gasteiger partial charge < -0.3 is 14.4 Å². The summed E-state index contributed by atoms with van der Waals surface area (Å²) in [5.74, 6) is 1.21. The molecule has 1 fully saturated rings. The molecule has 1 saturated heterocycles. The van der Waals surface area contributed by atoms with Crippen molar-refractivity contribution < 1.29 is 22.7 Å². The molecule has 0 saturated carbocycles. The summed E-state index contributed by atoms with van der Waals surface area (Å²) >= 11 is 6.25. The molecule has 0 spiro atoms. The Bertz CT molecular complexity index is 1130. The van der Waals surface area contributed by atoms with E-state index in [1.807, 2.05) is 18.2 Å². The Morgan fingerprint density at radius 2 is 1.79 bits per heavy atom. The van der Waals surface area contributed by atoms with Gasteiger partial charge in [-0.25, -0.2) is 8.42 Å². The predicted octanol–water partition coefficient (Wildman–Crippen LogP) is 4.51. The fourth-order valence-electron chi connectivity index (χ4n) is 4.45. The molecule has 2 heterocycles. The van der Waals surface area contributed by atoms with Gasteiger partial charge in [0.2, 0.25) is 10.0 Å². The number of nitrogens with zero attached hydrogens (tertiary/aromatic N) is 2. The summed E-state index contributed by atoms with van der Waals surface area (Å²) in [7, 11) is -3.79. The van der Waals surface area contributed by atoms with Crippen LogP contribution in [-0.4, -0.2) is 56.4 Å². The summed E-state index contributed by atoms with van der Waals surface area (Å²) in [6.07, 6.45) is 2.51. The lowest BCUT2D eigenvalue weighted by molar-refractivity contribution is 0.0735. The van der Waals surface area contributed by atoms with E-state index in [0.717, 1.165) is 30.6 Å². The first-order valence-corrected chi connectivity index (χ1v) is 13.2. The van der Waals surface area contributed by atoms with E-state index in [2.05, 4.69) is 0 Å². The molecule has 2 aliphatic heterocycles. The van der Waals surface area contributed by atoms with Crippen LogP contribution in [0.3, 0.4) is 0 Å². The minimum absolute atomic E-state index is 0.0370. The van der Waals surface area contributed by atoms with Crippen molar-refractivity contribution in [2.75, 3.05) is 32.8 Å². The Hall–Kier alpha value is -2.29. The van der Waals surface area contributed by atoms with Crippen LogP contribution in [0.5, 0.6) is 11.5 Å². The number of hydrogen-bond donors (Lipinski definition) is 0. The van der Waals surface area contributed by atoms with Gasteiger partial charge >= 0.3 is 0 Å². The summed E-state index contributed by atoms with van der Waals surface area (Å²) in [5, 5.41) is 0.110. The number of sulfonamides is 1. The van der Waals surface area contributed by atoms with Crippen molar-refractivity contribution in [3.8, 4) is 11.5 Å². The summed E-state index contributed by atoms with van der Waals surface area (Å²) in [6.45, 7) is 6.01. The standard InChI is InChI=1S/C24H29ClN2O5S/c1-3-26(4-2)33(29,30)23-16-18(8-10-19(23)25)24(28)27-12-5-7-20(27)17-9-11-21-22(15-17)32-14-6-13-31-21/h8-11,15-16,20H,3-7,12-14H2,1-2H3/t20-/m0/s1. The SMILES string of the molecule is CCN(CC)S(=O)(=O)c1cc(C(=O)N2CCC[C@H]2c2ccc3c(c2)OCCCO3)ccc1Cl. The molecule has 9 heteroatoms. The van der Waals surface area contributed by atoms with E-state index < -0.39 is 10.0 Å². The maximum absolute atomic E-state index is 13.5. The van der Waals surface area contributed by atoms with E-state index in [9.17, 15) is 13.2 Å². The number of amides is 1. The number of ether oxygens (including phenoxy) is 2. The van der Waals surface area contributed by atoms with Crippen LogP contribution in [0.4, 0.5) is 0 Å². The van der Waals surface area contributed by atoms with Crippen molar-refractivity contribution >= 4 is 27.5 Å². The van der Waals surface area contributed by atoms with Crippen molar-refractivity contribution in [3.05, 3.63) is 52.5 Å². The van der Waals surface area contributed by atoms with E-state index in [1.54, 1.807) is 24.8 Å². The molecule has 2 aromatic carbocycles. The second kappa shape index (κ2) is 9.91. The highest BCUT2D eigenvalue weighted by atomic mass is 35.5. The quantitative estimate of drug-likeness (QED) is 0.593. The van der Waals surface area contributed by atoms with Crippen LogP contribution in [0.25, 0.3) is 0 Å². The molecule has 1 amide bonds. The lowest BCUT2D eigenvalue weighted by Gasteiger charge is -2.26. The minimum Gasteiger partial charge on any atom is -0.490 e.